The molecule has 0 radical (unpaired) electrons. The fourth-order valence-corrected chi connectivity index (χ4v) is 4.73. The molecule has 0 amide bonds. The van der Waals surface area contributed by atoms with Crippen LogP contribution in [0.4, 0.5) is 4.39 Å². The standard InChI is InChI=1S/C23H33F/c1-3-18-8-12-21(13-9-18)22-14-10-19(11-15-22)6-7-20-5-4-17(2)23(24)16-20/h4-5,10,16,18,21-22H,3,6-9,11-15H2,1-2H3. The molecule has 1 aromatic rings. The van der Waals surface area contributed by atoms with Crippen molar-refractivity contribution in [2.75, 3.05) is 0 Å². The highest BCUT2D eigenvalue weighted by atomic mass is 19.1. The molecule has 1 heteroatoms. The summed E-state index contributed by atoms with van der Waals surface area (Å²) in [7, 11) is 0. The number of hydrogen-bond donors (Lipinski definition) is 0. The summed E-state index contributed by atoms with van der Waals surface area (Å²) in [6, 6.07) is 5.70. The molecule has 0 saturated heterocycles. The smallest absolute Gasteiger partial charge is 0.126 e. The van der Waals surface area contributed by atoms with Gasteiger partial charge in [-0.3, -0.25) is 0 Å². The summed E-state index contributed by atoms with van der Waals surface area (Å²) in [5.41, 5.74) is 3.49. The van der Waals surface area contributed by atoms with Gasteiger partial charge in [0.2, 0.25) is 0 Å². The van der Waals surface area contributed by atoms with E-state index in [1.165, 1.54) is 51.4 Å². The van der Waals surface area contributed by atoms with Gasteiger partial charge < -0.3 is 0 Å². The van der Waals surface area contributed by atoms with Gasteiger partial charge in [-0.25, -0.2) is 4.39 Å². The Bertz CT molecular complexity index is 563. The molecule has 2 aliphatic rings. The summed E-state index contributed by atoms with van der Waals surface area (Å²) < 4.78 is 13.6. The van der Waals surface area contributed by atoms with E-state index >= 15 is 0 Å². The molecule has 0 N–H and O–H groups in total. The first kappa shape index (κ1) is 17.7. The van der Waals surface area contributed by atoms with Gasteiger partial charge in [-0.15, -0.1) is 0 Å². The minimum atomic E-state index is -0.0622. The quantitative estimate of drug-likeness (QED) is 0.510. The second-order valence-corrected chi connectivity index (χ2v) is 8.17. The third-order valence-corrected chi connectivity index (χ3v) is 6.65. The molecule has 1 atom stereocenters. The molecule has 2 aliphatic carbocycles. The van der Waals surface area contributed by atoms with Crippen LogP contribution in [0.25, 0.3) is 0 Å². The zero-order valence-corrected chi connectivity index (χ0v) is 15.5. The molecule has 1 unspecified atom stereocenters. The SMILES string of the molecule is CCC1CCC(C2CC=C(CCc3ccc(C)c(F)c3)CC2)CC1. The Labute approximate surface area is 147 Å². The summed E-state index contributed by atoms with van der Waals surface area (Å²) in [6.07, 6.45) is 15.8. The van der Waals surface area contributed by atoms with Gasteiger partial charge in [0.15, 0.2) is 0 Å². The summed E-state index contributed by atoms with van der Waals surface area (Å²) in [5.74, 6) is 2.86. The Balaban J connectivity index is 1.46. The lowest BCUT2D eigenvalue weighted by Crippen LogP contribution is -2.23. The molecule has 24 heavy (non-hydrogen) atoms. The average molecular weight is 329 g/mol. The molecule has 0 aromatic heterocycles. The van der Waals surface area contributed by atoms with Crippen molar-refractivity contribution in [3.63, 3.8) is 0 Å². The van der Waals surface area contributed by atoms with Crippen molar-refractivity contribution in [3.05, 3.63) is 46.8 Å². The van der Waals surface area contributed by atoms with Crippen LogP contribution in [0.3, 0.4) is 0 Å². The lowest BCUT2D eigenvalue weighted by molar-refractivity contribution is 0.189. The van der Waals surface area contributed by atoms with Gasteiger partial charge in [-0.1, -0.05) is 50.0 Å². The zero-order chi connectivity index (χ0) is 16.9. The van der Waals surface area contributed by atoms with Gasteiger partial charge in [0.1, 0.15) is 5.82 Å². The molecule has 0 nitrogen and oxygen atoms in total. The van der Waals surface area contributed by atoms with Crippen LogP contribution in [0.1, 0.15) is 75.8 Å². The van der Waals surface area contributed by atoms with Crippen LogP contribution in [0, 0.1) is 30.5 Å². The Hall–Kier alpha value is -1.11. The second-order valence-electron chi connectivity index (χ2n) is 8.17. The van der Waals surface area contributed by atoms with Gasteiger partial charge in [0, 0.05) is 0 Å². The van der Waals surface area contributed by atoms with Crippen LogP contribution in [0.5, 0.6) is 0 Å². The molecule has 1 aromatic carbocycles. The minimum Gasteiger partial charge on any atom is -0.207 e. The van der Waals surface area contributed by atoms with Gasteiger partial charge in [0.25, 0.3) is 0 Å². The maximum atomic E-state index is 13.6. The number of allylic oxidation sites excluding steroid dienone is 2. The van der Waals surface area contributed by atoms with Gasteiger partial charge in [-0.2, -0.15) is 0 Å². The van der Waals surface area contributed by atoms with Crippen LogP contribution >= 0.6 is 0 Å². The van der Waals surface area contributed by atoms with Crippen molar-refractivity contribution in [2.24, 2.45) is 17.8 Å². The van der Waals surface area contributed by atoms with Crippen molar-refractivity contribution in [3.8, 4) is 0 Å². The van der Waals surface area contributed by atoms with E-state index < -0.39 is 0 Å². The van der Waals surface area contributed by atoms with Crippen molar-refractivity contribution in [1.29, 1.82) is 0 Å². The first-order valence-corrected chi connectivity index (χ1v) is 10.1. The molecule has 0 aliphatic heterocycles. The molecule has 132 valence electrons. The highest BCUT2D eigenvalue weighted by Crippen LogP contribution is 2.40. The summed E-state index contributed by atoms with van der Waals surface area (Å²) in [6.45, 7) is 4.18. The number of rotatable bonds is 5. The van der Waals surface area contributed by atoms with E-state index in [-0.39, 0.29) is 5.82 Å². The van der Waals surface area contributed by atoms with Crippen molar-refractivity contribution in [2.45, 2.75) is 78.1 Å². The minimum absolute atomic E-state index is 0.0622. The summed E-state index contributed by atoms with van der Waals surface area (Å²) in [4.78, 5) is 0. The topological polar surface area (TPSA) is 0 Å². The van der Waals surface area contributed by atoms with Crippen LogP contribution in [0.15, 0.2) is 29.8 Å². The van der Waals surface area contributed by atoms with E-state index in [9.17, 15) is 4.39 Å². The van der Waals surface area contributed by atoms with Gasteiger partial charge in [0.05, 0.1) is 0 Å². The first-order valence-electron chi connectivity index (χ1n) is 10.1. The predicted molar refractivity (Wildman–Crippen MR) is 101 cm³/mol. The molecular formula is C23H33F. The Morgan fingerprint density at radius 3 is 2.42 bits per heavy atom. The number of halogens is 1. The van der Waals surface area contributed by atoms with Crippen LogP contribution in [-0.4, -0.2) is 0 Å². The van der Waals surface area contributed by atoms with Gasteiger partial charge in [-0.05, 0) is 86.8 Å². The molecular weight excluding hydrogens is 295 g/mol. The Morgan fingerprint density at radius 2 is 1.79 bits per heavy atom. The highest BCUT2D eigenvalue weighted by Gasteiger charge is 2.27. The van der Waals surface area contributed by atoms with Crippen LogP contribution in [0.2, 0.25) is 0 Å². The van der Waals surface area contributed by atoms with E-state index in [2.05, 4.69) is 19.1 Å². The fraction of sp³-hybridized carbons (Fsp3) is 0.652. The number of aryl methyl sites for hydroxylation is 2. The maximum Gasteiger partial charge on any atom is 0.126 e. The highest BCUT2D eigenvalue weighted by molar-refractivity contribution is 5.24. The van der Waals surface area contributed by atoms with E-state index in [1.807, 2.05) is 13.0 Å². The van der Waals surface area contributed by atoms with E-state index in [4.69, 9.17) is 0 Å². The first-order chi connectivity index (χ1) is 11.7. The monoisotopic (exact) mass is 328 g/mol. The normalized spacial score (nSPS) is 27.8. The van der Waals surface area contributed by atoms with Crippen molar-refractivity contribution < 1.29 is 4.39 Å². The van der Waals surface area contributed by atoms with Crippen LogP contribution < -0.4 is 0 Å². The van der Waals surface area contributed by atoms with Crippen LogP contribution in [-0.2, 0) is 6.42 Å². The predicted octanol–water partition coefficient (Wildman–Crippen LogP) is 7.01. The van der Waals surface area contributed by atoms with Crippen molar-refractivity contribution >= 4 is 0 Å². The molecule has 1 saturated carbocycles. The fourth-order valence-electron chi connectivity index (χ4n) is 4.73. The number of hydrogen-bond acceptors (Lipinski definition) is 0. The zero-order valence-electron chi connectivity index (χ0n) is 15.5. The third-order valence-electron chi connectivity index (χ3n) is 6.65. The van der Waals surface area contributed by atoms with E-state index in [1.54, 1.807) is 11.6 Å². The average Bonchev–Trinajstić information content (AvgIpc) is 2.63. The second kappa shape index (κ2) is 8.32. The Kier molecular flexibility index (Phi) is 6.14. The molecule has 3 rings (SSSR count). The molecule has 0 bridgehead atoms. The number of benzene rings is 1. The van der Waals surface area contributed by atoms with E-state index in [0.717, 1.165) is 41.7 Å². The molecule has 1 fully saturated rings. The third kappa shape index (κ3) is 4.49. The summed E-state index contributed by atoms with van der Waals surface area (Å²) in [5, 5.41) is 0. The molecule has 0 spiro atoms. The molecule has 0 heterocycles. The largest absolute Gasteiger partial charge is 0.207 e. The summed E-state index contributed by atoms with van der Waals surface area (Å²) >= 11 is 0. The van der Waals surface area contributed by atoms with Gasteiger partial charge >= 0.3 is 0 Å². The lowest BCUT2D eigenvalue weighted by Gasteiger charge is -2.35. The lowest BCUT2D eigenvalue weighted by atomic mass is 9.71. The van der Waals surface area contributed by atoms with Crippen molar-refractivity contribution in [1.82, 2.24) is 0 Å². The Morgan fingerprint density at radius 1 is 1.00 bits per heavy atom. The maximum absolute atomic E-state index is 13.6. The van der Waals surface area contributed by atoms with E-state index in [0.29, 0.717) is 0 Å².